The lowest BCUT2D eigenvalue weighted by Crippen LogP contribution is -1.89. The van der Waals surface area contributed by atoms with Gasteiger partial charge in [0, 0.05) is 0 Å². The summed E-state index contributed by atoms with van der Waals surface area (Å²) in [6.07, 6.45) is 0.639. The minimum absolute atomic E-state index is 0.387. The normalized spacial score (nSPS) is 6.38. The number of aldehydes is 1. The highest BCUT2D eigenvalue weighted by molar-refractivity contribution is 9.12. The van der Waals surface area contributed by atoms with E-state index in [1.54, 1.807) is 0 Å². The Morgan fingerprint density at radius 1 is 1.75 bits per heavy atom. The number of halogens is 1. The van der Waals surface area contributed by atoms with Gasteiger partial charge in [0.05, 0.1) is 4.48 Å². The first-order chi connectivity index (χ1) is 3.68. The largest absolute Gasteiger partial charge is 0.323 e. The molecule has 0 radical (unpaired) electrons. The maximum Gasteiger partial charge on any atom is 0.156 e. The SMILES string of the molecule is C=C(Br)C=O.CNC. The van der Waals surface area contributed by atoms with Gasteiger partial charge in [0.1, 0.15) is 0 Å². The smallest absolute Gasteiger partial charge is 0.156 e. The van der Waals surface area contributed by atoms with Crippen LogP contribution in [0.15, 0.2) is 11.1 Å². The van der Waals surface area contributed by atoms with Crippen molar-refractivity contribution in [3.63, 3.8) is 0 Å². The van der Waals surface area contributed by atoms with Crippen molar-refractivity contribution in [3.8, 4) is 0 Å². The molecule has 0 fully saturated rings. The van der Waals surface area contributed by atoms with Gasteiger partial charge in [-0.3, -0.25) is 4.79 Å². The van der Waals surface area contributed by atoms with Crippen LogP contribution in [-0.4, -0.2) is 20.4 Å². The molecule has 0 aromatic carbocycles. The molecule has 0 aromatic rings. The van der Waals surface area contributed by atoms with Gasteiger partial charge in [0.2, 0.25) is 0 Å². The highest BCUT2D eigenvalue weighted by Crippen LogP contribution is 1.90. The van der Waals surface area contributed by atoms with Crippen molar-refractivity contribution < 1.29 is 4.79 Å². The molecule has 0 aromatic heterocycles. The standard InChI is InChI=1S/C3H3BrO.C2H7N/c1-3(4)2-5;1-3-2/h2H,1H2;3H,1-2H3. The molecule has 0 bridgehead atoms. The second-order valence-corrected chi connectivity index (χ2v) is 2.08. The van der Waals surface area contributed by atoms with Gasteiger partial charge >= 0.3 is 0 Å². The van der Waals surface area contributed by atoms with Gasteiger partial charge in [-0.05, 0) is 30.0 Å². The predicted molar refractivity (Wildman–Crippen MR) is 39.1 cm³/mol. The van der Waals surface area contributed by atoms with E-state index < -0.39 is 0 Å². The lowest BCUT2D eigenvalue weighted by molar-refractivity contribution is -0.104. The molecule has 2 nitrogen and oxygen atoms in total. The molecule has 0 aliphatic carbocycles. The summed E-state index contributed by atoms with van der Waals surface area (Å²) in [5.41, 5.74) is 0. The van der Waals surface area contributed by atoms with Crippen molar-refractivity contribution in [3.05, 3.63) is 11.1 Å². The van der Waals surface area contributed by atoms with Crippen LogP contribution in [0.3, 0.4) is 0 Å². The summed E-state index contributed by atoms with van der Waals surface area (Å²) in [5.74, 6) is 0. The van der Waals surface area contributed by atoms with E-state index in [0.717, 1.165) is 0 Å². The van der Waals surface area contributed by atoms with Crippen LogP contribution in [0.1, 0.15) is 0 Å². The van der Waals surface area contributed by atoms with Crippen LogP contribution in [-0.2, 0) is 4.79 Å². The number of hydrogen-bond acceptors (Lipinski definition) is 2. The molecule has 0 saturated carbocycles. The Morgan fingerprint density at radius 2 is 1.88 bits per heavy atom. The van der Waals surface area contributed by atoms with E-state index in [0.29, 0.717) is 10.8 Å². The first kappa shape index (κ1) is 10.8. The van der Waals surface area contributed by atoms with E-state index in [1.807, 2.05) is 14.1 Å². The van der Waals surface area contributed by atoms with E-state index in [1.165, 1.54) is 0 Å². The predicted octanol–water partition coefficient (Wildman–Crippen LogP) is 0.929. The molecule has 0 unspecified atom stereocenters. The van der Waals surface area contributed by atoms with Crippen LogP contribution in [0.4, 0.5) is 0 Å². The van der Waals surface area contributed by atoms with Gasteiger partial charge in [0.25, 0.3) is 0 Å². The molecule has 0 atom stereocenters. The third-order valence-electron chi connectivity index (χ3n) is 0.128. The maximum absolute atomic E-state index is 9.36. The van der Waals surface area contributed by atoms with Crippen LogP contribution < -0.4 is 5.32 Å². The summed E-state index contributed by atoms with van der Waals surface area (Å²) in [6, 6.07) is 0. The molecule has 48 valence electrons. The van der Waals surface area contributed by atoms with E-state index in [-0.39, 0.29) is 0 Å². The highest BCUT2D eigenvalue weighted by Gasteiger charge is 1.69. The fourth-order valence-corrected chi connectivity index (χ4v) is 0. The summed E-state index contributed by atoms with van der Waals surface area (Å²) in [7, 11) is 3.75. The molecule has 0 rings (SSSR count). The molecule has 0 heterocycles. The third-order valence-corrected chi connectivity index (χ3v) is 0.315. The zero-order valence-electron chi connectivity index (χ0n) is 5.07. The van der Waals surface area contributed by atoms with Gasteiger partial charge in [0.15, 0.2) is 6.29 Å². The lowest BCUT2D eigenvalue weighted by Gasteiger charge is -1.62. The number of allylic oxidation sites excluding steroid dienone is 1. The lowest BCUT2D eigenvalue weighted by atomic mass is 10.7. The number of carbonyl (C=O) groups excluding carboxylic acids is 1. The molecule has 3 heteroatoms. The molecule has 0 aliphatic heterocycles. The van der Waals surface area contributed by atoms with E-state index >= 15 is 0 Å². The van der Waals surface area contributed by atoms with Gasteiger partial charge in [-0.25, -0.2) is 0 Å². The van der Waals surface area contributed by atoms with Crippen molar-refractivity contribution in [1.82, 2.24) is 5.32 Å². The van der Waals surface area contributed by atoms with Crippen molar-refractivity contribution in [2.24, 2.45) is 0 Å². The zero-order valence-corrected chi connectivity index (χ0v) is 6.66. The van der Waals surface area contributed by atoms with Crippen molar-refractivity contribution in [2.45, 2.75) is 0 Å². The van der Waals surface area contributed by atoms with Gasteiger partial charge < -0.3 is 5.32 Å². The van der Waals surface area contributed by atoms with Crippen LogP contribution in [0, 0.1) is 0 Å². The summed E-state index contributed by atoms with van der Waals surface area (Å²) in [5, 5.41) is 2.75. The molecule has 0 saturated heterocycles. The average Bonchev–Trinajstić information content (AvgIpc) is 1.69. The molecule has 0 aliphatic rings. The monoisotopic (exact) mass is 179 g/mol. The third kappa shape index (κ3) is 40.2. The summed E-state index contributed by atoms with van der Waals surface area (Å²) in [6.45, 7) is 3.22. The van der Waals surface area contributed by atoms with Gasteiger partial charge in [-0.15, -0.1) is 0 Å². The molecular formula is C5H10BrNO. The van der Waals surface area contributed by atoms with Crippen LogP contribution in [0.5, 0.6) is 0 Å². The fourth-order valence-electron chi connectivity index (χ4n) is 0. The van der Waals surface area contributed by atoms with Crippen LogP contribution in [0.2, 0.25) is 0 Å². The average molecular weight is 180 g/mol. The van der Waals surface area contributed by atoms with Crippen molar-refractivity contribution in [1.29, 1.82) is 0 Å². The van der Waals surface area contributed by atoms with E-state index in [4.69, 9.17) is 0 Å². The van der Waals surface area contributed by atoms with Crippen molar-refractivity contribution in [2.75, 3.05) is 14.1 Å². The van der Waals surface area contributed by atoms with Gasteiger partial charge in [-0.1, -0.05) is 6.58 Å². The number of carbonyl (C=O) groups is 1. The summed E-state index contributed by atoms with van der Waals surface area (Å²) < 4.78 is 0.387. The summed E-state index contributed by atoms with van der Waals surface area (Å²) in [4.78, 5) is 9.36. The molecule has 0 amide bonds. The number of rotatable bonds is 1. The topological polar surface area (TPSA) is 29.1 Å². The number of nitrogens with one attached hydrogen (secondary N) is 1. The first-order valence-corrected chi connectivity index (χ1v) is 2.86. The maximum atomic E-state index is 9.36. The zero-order chi connectivity index (χ0) is 6.99. The molecule has 1 N–H and O–H groups in total. The Morgan fingerprint density at radius 3 is 1.88 bits per heavy atom. The Balaban J connectivity index is 0. The van der Waals surface area contributed by atoms with E-state index in [9.17, 15) is 4.79 Å². The van der Waals surface area contributed by atoms with Gasteiger partial charge in [-0.2, -0.15) is 0 Å². The quantitative estimate of drug-likeness (QED) is 0.480. The molecular weight excluding hydrogens is 170 g/mol. The minimum Gasteiger partial charge on any atom is -0.323 e. The Labute approximate surface area is 58.1 Å². The van der Waals surface area contributed by atoms with E-state index in [2.05, 4.69) is 27.8 Å². The first-order valence-electron chi connectivity index (χ1n) is 2.07. The van der Waals surface area contributed by atoms with Crippen molar-refractivity contribution >= 4 is 22.2 Å². The summed E-state index contributed by atoms with van der Waals surface area (Å²) >= 11 is 2.81. The Kier molecular flexibility index (Phi) is 13.4. The second-order valence-electron chi connectivity index (χ2n) is 1.06. The highest BCUT2D eigenvalue weighted by atomic mass is 79.9. The fraction of sp³-hybridized carbons (Fsp3) is 0.400. The van der Waals surface area contributed by atoms with Crippen LogP contribution >= 0.6 is 15.9 Å². The van der Waals surface area contributed by atoms with Crippen LogP contribution in [0.25, 0.3) is 0 Å². The Bertz CT molecular complexity index is 72.8. The molecule has 8 heavy (non-hydrogen) atoms. The minimum atomic E-state index is 0.387. The second kappa shape index (κ2) is 9.97. The number of hydrogen-bond donors (Lipinski definition) is 1. The molecule has 0 spiro atoms. The Hall–Kier alpha value is -0.150.